The summed E-state index contributed by atoms with van der Waals surface area (Å²) in [4.78, 5) is 0. The normalized spacial score (nSPS) is 61.4. The molecule has 0 aromatic rings. The van der Waals surface area contributed by atoms with Gasteiger partial charge in [0.15, 0.2) is 0 Å². The van der Waals surface area contributed by atoms with Crippen LogP contribution in [0.1, 0.15) is 94.9 Å². The highest BCUT2D eigenvalue weighted by Gasteiger charge is 2.73. The van der Waals surface area contributed by atoms with E-state index in [1.54, 1.807) is 0 Å². The van der Waals surface area contributed by atoms with Crippen molar-refractivity contribution in [3.8, 4) is 0 Å². The molecule has 3 saturated carbocycles. The topological polar surface area (TPSA) is 40.5 Å². The molecule has 0 aromatic carbocycles. The van der Waals surface area contributed by atoms with Gasteiger partial charge >= 0.3 is 0 Å². The van der Waals surface area contributed by atoms with Gasteiger partial charge in [0.2, 0.25) is 0 Å². The van der Waals surface area contributed by atoms with E-state index in [4.69, 9.17) is 0 Å². The summed E-state index contributed by atoms with van der Waals surface area (Å²) in [5, 5.41) is 23.7. The summed E-state index contributed by atoms with van der Waals surface area (Å²) in [6.45, 7) is 23.1. The molecule has 27 heavy (non-hydrogen) atoms. The minimum atomic E-state index is -0.715. The maximum Gasteiger partial charge on any atom is 0.0734 e. The van der Waals surface area contributed by atoms with Crippen molar-refractivity contribution in [1.29, 1.82) is 0 Å². The Morgan fingerprint density at radius 3 is 1.93 bits per heavy atom. The third-order valence-electron chi connectivity index (χ3n) is 11.6. The SMILES string of the molecule is CC1C2C3(C)CCC(C)C(C)(O)C3CCC2(C)C(C)(O)C(C)(C(C)C)C1C. The van der Waals surface area contributed by atoms with Gasteiger partial charge in [0.05, 0.1) is 11.2 Å². The van der Waals surface area contributed by atoms with Crippen molar-refractivity contribution in [2.75, 3.05) is 0 Å². The Labute approximate surface area is 168 Å². The van der Waals surface area contributed by atoms with E-state index in [0.29, 0.717) is 35.5 Å². The van der Waals surface area contributed by atoms with E-state index in [1.165, 1.54) is 6.42 Å². The summed E-state index contributed by atoms with van der Waals surface area (Å²) in [5.74, 6) is 2.56. The number of hydrogen-bond acceptors (Lipinski definition) is 2. The average Bonchev–Trinajstić information content (AvgIpc) is 2.55. The standard InChI is InChI=1S/C25H46O2/c1-15(2)23(8)18(5)17(4)20-21(6)13-11-16(3)24(9,26)19(21)12-14-22(20,7)25(23,10)27/h15-20,26-27H,11-14H2,1-10H3. The average molecular weight is 379 g/mol. The first-order valence-corrected chi connectivity index (χ1v) is 11.5. The minimum absolute atomic E-state index is 0.0962. The van der Waals surface area contributed by atoms with Crippen LogP contribution < -0.4 is 0 Å². The van der Waals surface area contributed by atoms with Gasteiger partial charge in [-0.3, -0.25) is 0 Å². The molecular weight excluding hydrogens is 332 g/mol. The van der Waals surface area contributed by atoms with Crippen molar-refractivity contribution in [1.82, 2.24) is 0 Å². The fraction of sp³-hybridized carbons (Fsp3) is 1.00. The number of aliphatic hydroxyl groups is 2. The zero-order valence-electron chi connectivity index (χ0n) is 19.7. The lowest BCUT2D eigenvalue weighted by Gasteiger charge is -2.74. The summed E-state index contributed by atoms with van der Waals surface area (Å²) >= 11 is 0. The van der Waals surface area contributed by atoms with Crippen molar-refractivity contribution in [2.45, 2.75) is 106 Å². The van der Waals surface area contributed by atoms with E-state index in [-0.39, 0.29) is 16.2 Å². The van der Waals surface area contributed by atoms with Crippen LogP contribution in [-0.2, 0) is 0 Å². The van der Waals surface area contributed by atoms with E-state index in [2.05, 4.69) is 69.2 Å². The van der Waals surface area contributed by atoms with Crippen molar-refractivity contribution >= 4 is 0 Å². The predicted octanol–water partition coefficient (Wildman–Crippen LogP) is 5.91. The molecule has 0 saturated heterocycles. The first kappa shape index (κ1) is 21.6. The van der Waals surface area contributed by atoms with Gasteiger partial charge < -0.3 is 10.2 Å². The second-order valence-corrected chi connectivity index (χ2v) is 12.3. The Morgan fingerprint density at radius 2 is 1.41 bits per heavy atom. The molecule has 2 heteroatoms. The zero-order chi connectivity index (χ0) is 20.8. The molecule has 3 rings (SSSR count). The highest BCUT2D eigenvalue weighted by molar-refractivity contribution is 5.21. The number of rotatable bonds is 1. The highest BCUT2D eigenvalue weighted by Crippen LogP contribution is 2.74. The zero-order valence-corrected chi connectivity index (χ0v) is 19.7. The van der Waals surface area contributed by atoms with Crippen LogP contribution in [0.2, 0.25) is 0 Å². The van der Waals surface area contributed by atoms with Gasteiger partial charge in [0, 0.05) is 10.8 Å². The molecule has 3 fully saturated rings. The lowest BCUT2D eigenvalue weighted by molar-refractivity contribution is -0.313. The molecule has 0 amide bonds. The molecule has 0 heterocycles. The van der Waals surface area contributed by atoms with Gasteiger partial charge in [-0.1, -0.05) is 55.4 Å². The van der Waals surface area contributed by atoms with Crippen LogP contribution in [0.15, 0.2) is 0 Å². The Kier molecular flexibility index (Phi) is 4.78. The van der Waals surface area contributed by atoms with Crippen LogP contribution in [0.5, 0.6) is 0 Å². The van der Waals surface area contributed by atoms with Gasteiger partial charge in [0.1, 0.15) is 0 Å². The van der Waals surface area contributed by atoms with E-state index in [0.717, 1.165) is 19.3 Å². The molecule has 10 unspecified atom stereocenters. The quantitative estimate of drug-likeness (QED) is 0.596. The first-order valence-electron chi connectivity index (χ1n) is 11.5. The van der Waals surface area contributed by atoms with E-state index in [9.17, 15) is 10.2 Å². The smallest absolute Gasteiger partial charge is 0.0734 e. The predicted molar refractivity (Wildman–Crippen MR) is 113 cm³/mol. The first-order chi connectivity index (χ1) is 12.1. The molecule has 0 aliphatic heterocycles. The van der Waals surface area contributed by atoms with Crippen molar-refractivity contribution in [2.24, 2.45) is 51.8 Å². The van der Waals surface area contributed by atoms with Crippen LogP contribution in [0.25, 0.3) is 0 Å². The molecular formula is C25H46O2. The van der Waals surface area contributed by atoms with Crippen LogP contribution in [0.4, 0.5) is 0 Å². The monoisotopic (exact) mass is 378 g/mol. The summed E-state index contributed by atoms with van der Waals surface area (Å²) in [7, 11) is 0. The summed E-state index contributed by atoms with van der Waals surface area (Å²) in [6.07, 6.45) is 4.33. The van der Waals surface area contributed by atoms with Crippen molar-refractivity contribution < 1.29 is 10.2 Å². The van der Waals surface area contributed by atoms with Gasteiger partial charge in [-0.2, -0.15) is 0 Å². The molecule has 10 atom stereocenters. The van der Waals surface area contributed by atoms with Crippen molar-refractivity contribution in [3.05, 3.63) is 0 Å². The lowest BCUT2D eigenvalue weighted by atomic mass is 9.32. The van der Waals surface area contributed by atoms with Gasteiger partial charge in [-0.15, -0.1) is 0 Å². The second-order valence-electron chi connectivity index (χ2n) is 12.3. The minimum Gasteiger partial charge on any atom is -0.390 e. The maximum atomic E-state index is 12.2. The number of hydrogen-bond donors (Lipinski definition) is 2. The van der Waals surface area contributed by atoms with E-state index < -0.39 is 11.2 Å². The molecule has 3 aliphatic carbocycles. The fourth-order valence-electron chi connectivity index (χ4n) is 9.03. The van der Waals surface area contributed by atoms with Gasteiger partial charge in [-0.25, -0.2) is 0 Å². The van der Waals surface area contributed by atoms with Gasteiger partial charge in [0.25, 0.3) is 0 Å². The summed E-state index contributed by atoms with van der Waals surface area (Å²) < 4.78 is 0. The van der Waals surface area contributed by atoms with Crippen LogP contribution in [-0.4, -0.2) is 21.4 Å². The maximum absolute atomic E-state index is 12.2. The van der Waals surface area contributed by atoms with Gasteiger partial charge in [-0.05, 0) is 80.5 Å². The molecule has 2 nitrogen and oxygen atoms in total. The Bertz CT molecular complexity index is 593. The number of fused-ring (bicyclic) bond motifs is 3. The molecule has 0 spiro atoms. The van der Waals surface area contributed by atoms with E-state index in [1.807, 2.05) is 0 Å². The molecule has 0 aromatic heterocycles. The third kappa shape index (κ3) is 2.32. The fourth-order valence-corrected chi connectivity index (χ4v) is 9.03. The molecule has 0 bridgehead atoms. The van der Waals surface area contributed by atoms with E-state index >= 15 is 0 Å². The Balaban J connectivity index is 2.17. The van der Waals surface area contributed by atoms with Crippen molar-refractivity contribution in [3.63, 3.8) is 0 Å². The Hall–Kier alpha value is -0.0800. The molecule has 2 N–H and O–H groups in total. The van der Waals surface area contributed by atoms with Crippen LogP contribution >= 0.6 is 0 Å². The largest absolute Gasteiger partial charge is 0.390 e. The molecule has 3 aliphatic rings. The van der Waals surface area contributed by atoms with Crippen LogP contribution in [0, 0.1) is 51.8 Å². The lowest BCUT2D eigenvalue weighted by Crippen LogP contribution is -2.74. The Morgan fingerprint density at radius 1 is 0.852 bits per heavy atom. The molecule has 0 radical (unpaired) electrons. The summed E-state index contributed by atoms with van der Waals surface area (Å²) in [6, 6.07) is 0. The third-order valence-corrected chi connectivity index (χ3v) is 11.6. The van der Waals surface area contributed by atoms with Crippen LogP contribution in [0.3, 0.4) is 0 Å². The molecule has 158 valence electrons. The summed E-state index contributed by atoms with van der Waals surface area (Å²) in [5.41, 5.74) is -1.43. The highest BCUT2D eigenvalue weighted by atomic mass is 16.3. The second kappa shape index (κ2) is 5.97.